The van der Waals surface area contributed by atoms with Gasteiger partial charge in [-0.2, -0.15) is 13.2 Å². The first-order chi connectivity index (χ1) is 8.23. The standard InChI is InChI=1S/C10H6F5NO2/c11-9(12)8(18)3-7(17)5-1-2-16-4-6(5)10(13,14)15/h1-4,9,17H/b7-3-. The van der Waals surface area contributed by atoms with Crippen LogP contribution in [0.4, 0.5) is 22.0 Å². The topological polar surface area (TPSA) is 50.2 Å². The van der Waals surface area contributed by atoms with Crippen LogP contribution in [0.5, 0.6) is 0 Å². The summed E-state index contributed by atoms with van der Waals surface area (Å²) in [5.41, 5.74) is -2.10. The number of allylic oxidation sites excluding steroid dienone is 1. The molecular weight excluding hydrogens is 261 g/mol. The van der Waals surface area contributed by atoms with Crippen molar-refractivity contribution >= 4 is 11.5 Å². The van der Waals surface area contributed by atoms with E-state index in [1.807, 2.05) is 0 Å². The Kier molecular flexibility index (Phi) is 4.00. The normalized spacial score (nSPS) is 12.9. The molecule has 98 valence electrons. The Morgan fingerprint density at radius 1 is 1.39 bits per heavy atom. The number of pyridine rings is 1. The molecule has 8 heteroatoms. The van der Waals surface area contributed by atoms with Crippen LogP contribution in [-0.2, 0) is 11.0 Å². The van der Waals surface area contributed by atoms with Crippen LogP contribution in [0.3, 0.4) is 0 Å². The van der Waals surface area contributed by atoms with Crippen molar-refractivity contribution in [3.05, 3.63) is 35.7 Å². The Bertz CT molecular complexity index is 481. The lowest BCUT2D eigenvalue weighted by molar-refractivity contribution is -0.138. The van der Waals surface area contributed by atoms with Crippen molar-refractivity contribution in [3.63, 3.8) is 0 Å². The average molecular weight is 267 g/mol. The summed E-state index contributed by atoms with van der Waals surface area (Å²) in [5.74, 6) is -2.97. The maximum Gasteiger partial charge on any atom is 0.418 e. The Balaban J connectivity index is 3.22. The monoisotopic (exact) mass is 267 g/mol. The van der Waals surface area contributed by atoms with Crippen molar-refractivity contribution in [1.82, 2.24) is 4.98 Å². The number of ketones is 1. The lowest BCUT2D eigenvalue weighted by atomic mass is 10.1. The fourth-order valence-electron chi connectivity index (χ4n) is 1.12. The lowest BCUT2D eigenvalue weighted by Gasteiger charge is -2.11. The van der Waals surface area contributed by atoms with Gasteiger partial charge in [0.1, 0.15) is 5.76 Å². The Morgan fingerprint density at radius 2 is 2.00 bits per heavy atom. The minimum Gasteiger partial charge on any atom is -0.507 e. The number of nitrogens with zero attached hydrogens (tertiary/aromatic N) is 1. The molecule has 0 aliphatic heterocycles. The summed E-state index contributed by atoms with van der Waals surface area (Å²) in [5, 5.41) is 9.26. The fraction of sp³-hybridized carbons (Fsp3) is 0.200. The fourth-order valence-corrected chi connectivity index (χ4v) is 1.12. The van der Waals surface area contributed by atoms with Crippen molar-refractivity contribution in [2.75, 3.05) is 0 Å². The molecule has 0 aliphatic rings. The Morgan fingerprint density at radius 3 is 2.50 bits per heavy atom. The molecule has 0 saturated heterocycles. The zero-order valence-corrected chi connectivity index (χ0v) is 8.58. The first-order valence-corrected chi connectivity index (χ1v) is 4.47. The number of carbonyl (C=O) groups is 1. The van der Waals surface area contributed by atoms with Crippen molar-refractivity contribution in [2.45, 2.75) is 12.6 Å². The highest BCUT2D eigenvalue weighted by Crippen LogP contribution is 2.33. The van der Waals surface area contributed by atoms with Gasteiger partial charge in [0, 0.05) is 24.0 Å². The predicted octanol–water partition coefficient (Wildman–Crippen LogP) is 2.83. The van der Waals surface area contributed by atoms with Crippen LogP contribution < -0.4 is 0 Å². The van der Waals surface area contributed by atoms with Crippen molar-refractivity contribution in [1.29, 1.82) is 0 Å². The van der Waals surface area contributed by atoms with Gasteiger partial charge in [-0.25, -0.2) is 8.78 Å². The molecule has 1 aromatic rings. The summed E-state index contributed by atoms with van der Waals surface area (Å²) in [6, 6.07) is 0.771. The highest BCUT2D eigenvalue weighted by atomic mass is 19.4. The molecule has 0 atom stereocenters. The molecule has 3 nitrogen and oxygen atoms in total. The summed E-state index contributed by atoms with van der Waals surface area (Å²) in [7, 11) is 0. The molecule has 0 saturated carbocycles. The van der Waals surface area contributed by atoms with Gasteiger partial charge < -0.3 is 5.11 Å². The molecule has 0 radical (unpaired) electrons. The molecule has 1 N–H and O–H groups in total. The second-order valence-electron chi connectivity index (χ2n) is 3.15. The number of aliphatic hydroxyl groups excluding tert-OH is 1. The van der Waals surface area contributed by atoms with Gasteiger partial charge in [0.15, 0.2) is 0 Å². The van der Waals surface area contributed by atoms with Gasteiger partial charge in [0.25, 0.3) is 6.43 Å². The van der Waals surface area contributed by atoms with E-state index in [0.29, 0.717) is 6.20 Å². The number of hydrogen-bond acceptors (Lipinski definition) is 3. The van der Waals surface area contributed by atoms with E-state index in [9.17, 15) is 31.9 Å². The van der Waals surface area contributed by atoms with Gasteiger partial charge in [0.05, 0.1) is 5.56 Å². The van der Waals surface area contributed by atoms with Crippen molar-refractivity contribution < 1.29 is 31.9 Å². The van der Waals surface area contributed by atoms with Gasteiger partial charge in [-0.15, -0.1) is 0 Å². The molecule has 1 heterocycles. The van der Waals surface area contributed by atoms with E-state index in [1.54, 1.807) is 0 Å². The van der Waals surface area contributed by atoms with Crippen LogP contribution in [0.25, 0.3) is 5.76 Å². The molecule has 0 unspecified atom stereocenters. The van der Waals surface area contributed by atoms with E-state index >= 15 is 0 Å². The van der Waals surface area contributed by atoms with Crippen LogP contribution in [0.2, 0.25) is 0 Å². The summed E-state index contributed by atoms with van der Waals surface area (Å²) < 4.78 is 61.3. The Labute approximate surface area is 97.6 Å². The van der Waals surface area contributed by atoms with E-state index in [-0.39, 0.29) is 6.08 Å². The molecule has 0 bridgehead atoms. The largest absolute Gasteiger partial charge is 0.507 e. The molecular formula is C10H6F5NO2. The SMILES string of the molecule is O=C(/C=C(\O)c1ccncc1C(F)(F)F)C(F)F. The number of hydrogen-bond donors (Lipinski definition) is 1. The summed E-state index contributed by atoms with van der Waals surface area (Å²) in [4.78, 5) is 13.8. The van der Waals surface area contributed by atoms with E-state index < -0.39 is 35.3 Å². The highest BCUT2D eigenvalue weighted by molar-refractivity contribution is 5.97. The highest BCUT2D eigenvalue weighted by Gasteiger charge is 2.34. The minimum absolute atomic E-state index is 0.0508. The van der Waals surface area contributed by atoms with Gasteiger partial charge in [0.2, 0.25) is 5.78 Å². The first-order valence-electron chi connectivity index (χ1n) is 4.47. The number of alkyl halides is 5. The van der Waals surface area contributed by atoms with Crippen LogP contribution in [0.1, 0.15) is 11.1 Å². The van der Waals surface area contributed by atoms with E-state index in [2.05, 4.69) is 4.98 Å². The lowest BCUT2D eigenvalue weighted by Crippen LogP contribution is -2.11. The second kappa shape index (κ2) is 5.11. The molecule has 0 amide bonds. The van der Waals surface area contributed by atoms with Gasteiger partial charge in [-0.3, -0.25) is 9.78 Å². The smallest absolute Gasteiger partial charge is 0.418 e. The number of aromatic nitrogens is 1. The average Bonchev–Trinajstić information content (AvgIpc) is 2.27. The third kappa shape index (κ3) is 3.25. The van der Waals surface area contributed by atoms with Crippen LogP contribution in [0, 0.1) is 0 Å². The maximum absolute atomic E-state index is 12.5. The van der Waals surface area contributed by atoms with Gasteiger partial charge >= 0.3 is 6.18 Å². The van der Waals surface area contributed by atoms with Crippen molar-refractivity contribution in [3.8, 4) is 0 Å². The zero-order valence-electron chi connectivity index (χ0n) is 8.58. The number of carbonyl (C=O) groups excluding carboxylic acids is 1. The predicted molar refractivity (Wildman–Crippen MR) is 50.9 cm³/mol. The maximum atomic E-state index is 12.5. The van der Waals surface area contributed by atoms with Gasteiger partial charge in [-0.1, -0.05) is 0 Å². The molecule has 1 aromatic heterocycles. The quantitative estimate of drug-likeness (QED) is 0.520. The summed E-state index contributed by atoms with van der Waals surface area (Å²) >= 11 is 0. The minimum atomic E-state index is -4.82. The molecule has 18 heavy (non-hydrogen) atoms. The van der Waals surface area contributed by atoms with Crippen LogP contribution in [-0.4, -0.2) is 22.3 Å². The third-order valence-corrected chi connectivity index (χ3v) is 1.90. The van der Waals surface area contributed by atoms with Crippen LogP contribution >= 0.6 is 0 Å². The van der Waals surface area contributed by atoms with E-state index in [0.717, 1.165) is 12.3 Å². The number of rotatable bonds is 3. The zero-order chi connectivity index (χ0) is 13.9. The van der Waals surface area contributed by atoms with Crippen molar-refractivity contribution in [2.24, 2.45) is 0 Å². The first kappa shape index (κ1) is 14.1. The number of halogens is 5. The van der Waals surface area contributed by atoms with Crippen LogP contribution in [0.15, 0.2) is 24.5 Å². The summed E-state index contributed by atoms with van der Waals surface area (Å²) in [6.07, 6.45) is -6.81. The molecule has 0 aliphatic carbocycles. The van der Waals surface area contributed by atoms with Gasteiger partial charge in [-0.05, 0) is 6.07 Å². The Hall–Kier alpha value is -1.99. The second-order valence-corrected chi connectivity index (χ2v) is 3.15. The molecule has 0 aromatic carbocycles. The third-order valence-electron chi connectivity index (χ3n) is 1.90. The molecule has 0 fully saturated rings. The molecule has 0 spiro atoms. The van der Waals surface area contributed by atoms with E-state index in [4.69, 9.17) is 0 Å². The number of aliphatic hydroxyl groups is 1. The molecule has 1 rings (SSSR count). The van der Waals surface area contributed by atoms with E-state index in [1.165, 1.54) is 0 Å². The summed E-state index contributed by atoms with van der Waals surface area (Å²) in [6.45, 7) is 0.